The summed E-state index contributed by atoms with van der Waals surface area (Å²) in [5.41, 5.74) is 0.695. The van der Waals surface area contributed by atoms with Crippen molar-refractivity contribution in [3.05, 3.63) is 53.9 Å². The third-order valence-electron chi connectivity index (χ3n) is 4.61. The van der Waals surface area contributed by atoms with Gasteiger partial charge in [-0.3, -0.25) is 9.59 Å². The summed E-state index contributed by atoms with van der Waals surface area (Å²) in [5.74, 6) is -1.97. The second-order valence-electron chi connectivity index (χ2n) is 7.32. The fourth-order valence-corrected chi connectivity index (χ4v) is 3.06. The van der Waals surface area contributed by atoms with E-state index in [0.717, 1.165) is 12.0 Å². The molecule has 0 saturated carbocycles. The molecule has 0 bridgehead atoms. The summed E-state index contributed by atoms with van der Waals surface area (Å²) in [7, 11) is 1.37. The van der Waals surface area contributed by atoms with Crippen molar-refractivity contribution in [3.8, 4) is 11.5 Å². The van der Waals surface area contributed by atoms with E-state index in [9.17, 15) is 14.4 Å². The zero-order valence-electron chi connectivity index (χ0n) is 19.5. The number of nitrogens with zero attached hydrogens (tertiary/aromatic N) is 1. The van der Waals surface area contributed by atoms with Gasteiger partial charge in [0.05, 0.1) is 7.11 Å². The highest BCUT2D eigenvalue weighted by molar-refractivity contribution is 5.98. The smallest absolute Gasteiger partial charge is 0.328 e. The molecule has 0 spiro atoms. The molecule has 1 aromatic heterocycles. The van der Waals surface area contributed by atoms with Gasteiger partial charge in [0.2, 0.25) is 5.75 Å². The molecule has 1 heterocycles. The Bertz CT molecular complexity index is 949. The van der Waals surface area contributed by atoms with Crippen LogP contribution in [-0.4, -0.2) is 48.7 Å². The number of hydrogen-bond donors (Lipinski definition) is 1. The second-order valence-corrected chi connectivity index (χ2v) is 7.32. The number of rotatable bonds is 11. The second kappa shape index (κ2) is 12.5. The fraction of sp³-hybridized carbons (Fsp3) is 0.417. The summed E-state index contributed by atoms with van der Waals surface area (Å²) in [6.07, 6.45) is 1.10. The maximum absolute atomic E-state index is 12.8. The maximum atomic E-state index is 12.8. The van der Waals surface area contributed by atoms with Crippen molar-refractivity contribution in [3.63, 3.8) is 0 Å². The van der Waals surface area contributed by atoms with Gasteiger partial charge >= 0.3 is 11.9 Å². The van der Waals surface area contributed by atoms with E-state index in [-0.39, 0.29) is 17.2 Å². The molecule has 0 saturated heterocycles. The number of pyridine rings is 1. The predicted octanol–water partition coefficient (Wildman–Crippen LogP) is 3.23. The Morgan fingerprint density at radius 2 is 1.79 bits per heavy atom. The minimum absolute atomic E-state index is 0.129. The van der Waals surface area contributed by atoms with Crippen LogP contribution in [0.25, 0.3) is 0 Å². The van der Waals surface area contributed by atoms with Gasteiger partial charge in [0.25, 0.3) is 5.91 Å². The van der Waals surface area contributed by atoms with Crippen LogP contribution in [-0.2, 0) is 19.1 Å². The molecule has 1 aromatic carbocycles. The van der Waals surface area contributed by atoms with Crippen molar-refractivity contribution in [1.82, 2.24) is 10.3 Å². The van der Waals surface area contributed by atoms with Gasteiger partial charge in [-0.15, -0.1) is 0 Å². The van der Waals surface area contributed by atoms with Crippen LogP contribution in [0.3, 0.4) is 0 Å². The first-order chi connectivity index (χ1) is 15.8. The van der Waals surface area contributed by atoms with Crippen LogP contribution in [0.2, 0.25) is 0 Å². The van der Waals surface area contributed by atoms with E-state index in [0.29, 0.717) is 6.61 Å². The van der Waals surface area contributed by atoms with Crippen molar-refractivity contribution >= 4 is 17.8 Å². The summed E-state index contributed by atoms with van der Waals surface area (Å²) in [6.45, 7) is 6.92. The third-order valence-corrected chi connectivity index (χ3v) is 4.61. The molecular formula is C24H30N2O7. The number of hydrogen-bond acceptors (Lipinski definition) is 8. The lowest BCUT2D eigenvalue weighted by Gasteiger charge is -2.26. The minimum Gasteiger partial charge on any atom is -0.493 e. The van der Waals surface area contributed by atoms with Crippen LogP contribution in [0, 0.1) is 0 Å². The first-order valence-corrected chi connectivity index (χ1v) is 10.7. The topological polar surface area (TPSA) is 113 Å². The van der Waals surface area contributed by atoms with Gasteiger partial charge < -0.3 is 24.3 Å². The van der Waals surface area contributed by atoms with Crippen molar-refractivity contribution in [2.24, 2.45) is 0 Å². The van der Waals surface area contributed by atoms with E-state index >= 15 is 0 Å². The molecule has 1 amide bonds. The van der Waals surface area contributed by atoms with Crippen molar-refractivity contribution in [1.29, 1.82) is 0 Å². The van der Waals surface area contributed by atoms with Gasteiger partial charge in [0.15, 0.2) is 11.4 Å². The predicted molar refractivity (Wildman–Crippen MR) is 120 cm³/mol. The van der Waals surface area contributed by atoms with Crippen LogP contribution in [0.5, 0.6) is 11.5 Å². The standard InChI is InChI=1S/C24H30N2O7/c1-6-14-31-21(18-10-8-7-9-11-18)16(3)32-24(29)15(2)26-23(28)20-22(33-17(4)27)19(30-5)12-13-25-20/h7-13,15-16,21H,6,14H2,1-5H3,(H,26,28)/t15-,16-,21+/m0/s1. The van der Waals surface area contributed by atoms with E-state index in [2.05, 4.69) is 10.3 Å². The lowest BCUT2D eigenvalue weighted by molar-refractivity contribution is -0.158. The number of aromatic nitrogens is 1. The molecule has 0 aliphatic carbocycles. The summed E-state index contributed by atoms with van der Waals surface area (Å²) in [6, 6.07) is 9.93. The van der Waals surface area contributed by atoms with E-state index in [1.54, 1.807) is 6.92 Å². The lowest BCUT2D eigenvalue weighted by Crippen LogP contribution is -2.42. The summed E-state index contributed by atoms with van der Waals surface area (Å²) in [5, 5.41) is 2.52. The summed E-state index contributed by atoms with van der Waals surface area (Å²) < 4.78 is 21.7. The Kier molecular flexibility index (Phi) is 9.81. The van der Waals surface area contributed by atoms with E-state index < -0.39 is 36.1 Å². The highest BCUT2D eigenvalue weighted by Gasteiger charge is 2.28. The monoisotopic (exact) mass is 458 g/mol. The maximum Gasteiger partial charge on any atom is 0.328 e. The van der Waals surface area contributed by atoms with E-state index in [4.69, 9.17) is 18.9 Å². The largest absolute Gasteiger partial charge is 0.493 e. The molecule has 9 nitrogen and oxygen atoms in total. The number of carbonyl (C=O) groups is 3. The fourth-order valence-electron chi connectivity index (χ4n) is 3.06. The SMILES string of the molecule is CCCO[C@@H](c1ccccc1)[C@H](C)OC(=O)[C@H](C)NC(=O)c1nccc(OC)c1OC(C)=O. The Morgan fingerprint density at radius 3 is 2.39 bits per heavy atom. The van der Waals surface area contributed by atoms with Gasteiger partial charge in [-0.25, -0.2) is 9.78 Å². The van der Waals surface area contributed by atoms with E-state index in [1.165, 1.54) is 33.2 Å². The Hall–Kier alpha value is -3.46. The van der Waals surface area contributed by atoms with Crippen LogP contribution in [0.1, 0.15) is 56.3 Å². The molecule has 0 fully saturated rings. The lowest BCUT2D eigenvalue weighted by atomic mass is 10.1. The molecule has 1 N–H and O–H groups in total. The normalized spacial score (nSPS) is 13.4. The summed E-state index contributed by atoms with van der Waals surface area (Å²) in [4.78, 5) is 40.9. The molecular weight excluding hydrogens is 428 g/mol. The Labute approximate surface area is 193 Å². The molecule has 2 rings (SSSR count). The summed E-state index contributed by atoms with van der Waals surface area (Å²) >= 11 is 0. The van der Waals surface area contributed by atoms with Crippen molar-refractivity contribution < 1.29 is 33.3 Å². The number of amides is 1. The van der Waals surface area contributed by atoms with Gasteiger partial charge in [-0.2, -0.15) is 0 Å². The van der Waals surface area contributed by atoms with Gasteiger partial charge in [0, 0.05) is 25.8 Å². The molecule has 178 valence electrons. The van der Waals surface area contributed by atoms with Crippen LogP contribution >= 0.6 is 0 Å². The Morgan fingerprint density at radius 1 is 1.09 bits per heavy atom. The highest BCUT2D eigenvalue weighted by Crippen LogP contribution is 2.30. The number of carbonyl (C=O) groups excluding carboxylic acids is 3. The number of methoxy groups -OCH3 is 1. The number of nitrogens with one attached hydrogen (secondary N) is 1. The van der Waals surface area contributed by atoms with Crippen molar-refractivity contribution in [2.75, 3.05) is 13.7 Å². The molecule has 0 unspecified atom stereocenters. The molecule has 0 aliphatic heterocycles. The zero-order chi connectivity index (χ0) is 24.4. The average molecular weight is 459 g/mol. The van der Waals surface area contributed by atoms with Crippen LogP contribution < -0.4 is 14.8 Å². The van der Waals surface area contributed by atoms with Crippen LogP contribution in [0.4, 0.5) is 0 Å². The minimum atomic E-state index is -0.999. The molecule has 33 heavy (non-hydrogen) atoms. The number of esters is 2. The molecule has 0 aliphatic rings. The van der Waals surface area contributed by atoms with E-state index in [1.807, 2.05) is 37.3 Å². The highest BCUT2D eigenvalue weighted by atomic mass is 16.6. The van der Waals surface area contributed by atoms with Crippen LogP contribution in [0.15, 0.2) is 42.6 Å². The average Bonchev–Trinajstić information content (AvgIpc) is 2.79. The van der Waals surface area contributed by atoms with Crippen molar-refractivity contribution in [2.45, 2.75) is 52.4 Å². The molecule has 9 heteroatoms. The van der Waals surface area contributed by atoms with Gasteiger partial charge in [-0.05, 0) is 25.8 Å². The quantitative estimate of drug-likeness (QED) is 0.511. The molecule has 2 aromatic rings. The third kappa shape index (κ3) is 7.28. The molecule has 3 atom stereocenters. The van der Waals surface area contributed by atoms with Gasteiger partial charge in [0.1, 0.15) is 18.2 Å². The molecule has 0 radical (unpaired) electrons. The first-order valence-electron chi connectivity index (χ1n) is 10.7. The van der Waals surface area contributed by atoms with Gasteiger partial charge in [-0.1, -0.05) is 37.3 Å². The Balaban J connectivity index is 2.10. The first kappa shape index (κ1) is 25.8. The zero-order valence-corrected chi connectivity index (χ0v) is 19.5. The number of benzene rings is 1. The number of ether oxygens (including phenoxy) is 4.